The van der Waals surface area contributed by atoms with E-state index in [0.717, 1.165) is 19.4 Å². The SMILES string of the molecule is COC(=O)CCCCNC(c1ccccc1)(c1ccccc1)c1ccccc1. The number of unbranched alkanes of at least 4 members (excludes halogenated alkanes) is 1. The van der Waals surface area contributed by atoms with Gasteiger partial charge in [0.1, 0.15) is 0 Å². The average molecular weight is 373 g/mol. The van der Waals surface area contributed by atoms with Crippen LogP contribution in [0.5, 0.6) is 0 Å². The van der Waals surface area contributed by atoms with Gasteiger partial charge in [-0.05, 0) is 36.1 Å². The first-order valence-electron chi connectivity index (χ1n) is 9.76. The van der Waals surface area contributed by atoms with Gasteiger partial charge in [-0.3, -0.25) is 10.1 Å². The Kier molecular flexibility index (Phi) is 6.99. The molecule has 0 spiro atoms. The van der Waals surface area contributed by atoms with Crippen molar-refractivity contribution in [1.29, 1.82) is 0 Å². The first-order valence-corrected chi connectivity index (χ1v) is 9.76. The number of esters is 1. The van der Waals surface area contributed by atoms with Gasteiger partial charge < -0.3 is 4.74 Å². The van der Waals surface area contributed by atoms with E-state index in [1.165, 1.54) is 23.8 Å². The van der Waals surface area contributed by atoms with Crippen molar-refractivity contribution in [3.05, 3.63) is 108 Å². The van der Waals surface area contributed by atoms with Gasteiger partial charge in [0, 0.05) is 6.42 Å². The smallest absolute Gasteiger partial charge is 0.305 e. The van der Waals surface area contributed by atoms with E-state index in [1.807, 2.05) is 18.2 Å². The Morgan fingerprint density at radius 3 is 1.57 bits per heavy atom. The summed E-state index contributed by atoms with van der Waals surface area (Å²) in [6.07, 6.45) is 2.14. The Morgan fingerprint density at radius 2 is 1.18 bits per heavy atom. The van der Waals surface area contributed by atoms with Gasteiger partial charge in [-0.15, -0.1) is 0 Å². The van der Waals surface area contributed by atoms with Crippen LogP contribution in [0.15, 0.2) is 91.0 Å². The minimum atomic E-state index is -0.449. The molecule has 0 aromatic heterocycles. The number of nitrogens with one attached hydrogen (secondary N) is 1. The van der Waals surface area contributed by atoms with Crippen LogP contribution in [0, 0.1) is 0 Å². The summed E-state index contributed by atoms with van der Waals surface area (Å²) in [5, 5.41) is 3.82. The lowest BCUT2D eigenvalue weighted by Gasteiger charge is -2.37. The minimum Gasteiger partial charge on any atom is -0.469 e. The molecule has 0 saturated carbocycles. The number of carbonyl (C=O) groups is 1. The molecule has 1 N–H and O–H groups in total. The van der Waals surface area contributed by atoms with Gasteiger partial charge in [-0.25, -0.2) is 0 Å². The summed E-state index contributed by atoms with van der Waals surface area (Å²) in [5.41, 5.74) is 3.13. The Balaban J connectivity index is 1.96. The topological polar surface area (TPSA) is 38.3 Å². The second-order valence-corrected chi connectivity index (χ2v) is 6.81. The summed E-state index contributed by atoms with van der Waals surface area (Å²) in [5.74, 6) is -0.152. The second kappa shape index (κ2) is 9.86. The van der Waals surface area contributed by atoms with E-state index in [-0.39, 0.29) is 5.97 Å². The molecule has 0 fully saturated rings. The van der Waals surface area contributed by atoms with Crippen LogP contribution in [-0.4, -0.2) is 19.6 Å². The molecular weight excluding hydrogens is 346 g/mol. The van der Waals surface area contributed by atoms with Crippen molar-refractivity contribution >= 4 is 5.97 Å². The van der Waals surface area contributed by atoms with Gasteiger partial charge in [0.25, 0.3) is 0 Å². The number of benzene rings is 3. The zero-order chi connectivity index (χ0) is 19.7. The molecule has 0 radical (unpaired) electrons. The average Bonchev–Trinajstić information content (AvgIpc) is 2.78. The van der Waals surface area contributed by atoms with E-state index in [1.54, 1.807) is 0 Å². The quantitative estimate of drug-likeness (QED) is 0.329. The Bertz CT molecular complexity index is 751. The highest BCUT2D eigenvalue weighted by Gasteiger charge is 2.35. The first kappa shape index (κ1) is 19.8. The molecule has 3 aromatic rings. The predicted octanol–water partition coefficient (Wildman–Crippen LogP) is 4.91. The van der Waals surface area contributed by atoms with Gasteiger partial charge in [-0.1, -0.05) is 91.0 Å². The van der Waals surface area contributed by atoms with Crippen LogP contribution in [0.2, 0.25) is 0 Å². The van der Waals surface area contributed by atoms with Crippen molar-refractivity contribution in [2.75, 3.05) is 13.7 Å². The van der Waals surface area contributed by atoms with Crippen molar-refractivity contribution in [2.24, 2.45) is 0 Å². The van der Waals surface area contributed by atoms with Crippen molar-refractivity contribution in [3.63, 3.8) is 0 Å². The van der Waals surface area contributed by atoms with Crippen molar-refractivity contribution in [1.82, 2.24) is 5.32 Å². The lowest BCUT2D eigenvalue weighted by molar-refractivity contribution is -0.140. The molecular formula is C25H27NO2. The molecule has 0 aliphatic heterocycles. The van der Waals surface area contributed by atoms with Crippen molar-refractivity contribution in [3.8, 4) is 0 Å². The predicted molar refractivity (Wildman–Crippen MR) is 113 cm³/mol. The standard InChI is InChI=1S/C25H27NO2/c1-28-24(27)19-11-12-20-26-25(21-13-5-2-6-14-21,22-15-7-3-8-16-22)23-17-9-4-10-18-23/h2-10,13-18,26H,11-12,19-20H2,1H3. The third-order valence-corrected chi connectivity index (χ3v) is 5.05. The molecule has 0 unspecified atom stereocenters. The molecule has 0 bridgehead atoms. The Labute approximate surface area is 167 Å². The Morgan fingerprint density at radius 1 is 0.750 bits per heavy atom. The maximum absolute atomic E-state index is 11.4. The molecule has 28 heavy (non-hydrogen) atoms. The maximum atomic E-state index is 11.4. The molecule has 0 amide bonds. The molecule has 0 aliphatic rings. The normalized spacial score (nSPS) is 11.2. The number of carbonyl (C=O) groups excluding carboxylic acids is 1. The molecule has 0 atom stereocenters. The fraction of sp³-hybridized carbons (Fsp3) is 0.240. The highest BCUT2D eigenvalue weighted by atomic mass is 16.5. The number of hydrogen-bond acceptors (Lipinski definition) is 3. The number of methoxy groups -OCH3 is 1. The highest BCUT2D eigenvalue weighted by molar-refractivity contribution is 5.69. The third-order valence-electron chi connectivity index (χ3n) is 5.05. The Hall–Kier alpha value is -2.91. The minimum absolute atomic E-state index is 0.152. The van der Waals surface area contributed by atoms with Crippen LogP contribution in [0.25, 0.3) is 0 Å². The molecule has 144 valence electrons. The maximum Gasteiger partial charge on any atom is 0.305 e. The van der Waals surface area contributed by atoms with E-state index in [0.29, 0.717) is 6.42 Å². The summed E-state index contributed by atoms with van der Waals surface area (Å²) in [6, 6.07) is 31.6. The van der Waals surface area contributed by atoms with E-state index in [4.69, 9.17) is 4.74 Å². The molecule has 0 aliphatic carbocycles. The van der Waals surface area contributed by atoms with Crippen LogP contribution in [-0.2, 0) is 15.1 Å². The fourth-order valence-corrected chi connectivity index (χ4v) is 3.64. The van der Waals surface area contributed by atoms with Gasteiger partial charge in [0.05, 0.1) is 12.6 Å². The number of ether oxygens (including phenoxy) is 1. The number of rotatable bonds is 9. The lowest BCUT2D eigenvalue weighted by atomic mass is 9.77. The van der Waals surface area contributed by atoms with Crippen LogP contribution in [0.4, 0.5) is 0 Å². The van der Waals surface area contributed by atoms with Gasteiger partial charge in [0.15, 0.2) is 0 Å². The van der Waals surface area contributed by atoms with Crippen molar-refractivity contribution in [2.45, 2.75) is 24.8 Å². The molecule has 0 heterocycles. The zero-order valence-corrected chi connectivity index (χ0v) is 16.3. The largest absolute Gasteiger partial charge is 0.469 e. The molecule has 3 rings (SSSR count). The lowest BCUT2D eigenvalue weighted by Crippen LogP contribution is -2.45. The molecule has 3 nitrogen and oxygen atoms in total. The van der Waals surface area contributed by atoms with E-state index in [9.17, 15) is 4.79 Å². The van der Waals surface area contributed by atoms with Gasteiger partial charge >= 0.3 is 5.97 Å². The summed E-state index contributed by atoms with van der Waals surface area (Å²) in [7, 11) is 1.44. The third kappa shape index (κ3) is 4.49. The second-order valence-electron chi connectivity index (χ2n) is 6.81. The first-order chi connectivity index (χ1) is 13.8. The molecule has 3 aromatic carbocycles. The van der Waals surface area contributed by atoms with E-state index in [2.05, 4.69) is 78.1 Å². The fourth-order valence-electron chi connectivity index (χ4n) is 3.64. The van der Waals surface area contributed by atoms with Crippen LogP contribution < -0.4 is 5.32 Å². The summed E-state index contributed by atoms with van der Waals surface area (Å²) >= 11 is 0. The molecule has 0 saturated heterocycles. The molecule has 3 heteroatoms. The van der Waals surface area contributed by atoms with Crippen LogP contribution >= 0.6 is 0 Å². The van der Waals surface area contributed by atoms with Gasteiger partial charge in [-0.2, -0.15) is 0 Å². The van der Waals surface area contributed by atoms with Crippen molar-refractivity contribution < 1.29 is 9.53 Å². The number of hydrogen-bond donors (Lipinski definition) is 1. The zero-order valence-electron chi connectivity index (χ0n) is 16.3. The summed E-state index contributed by atoms with van der Waals surface area (Å²) in [6.45, 7) is 0.787. The summed E-state index contributed by atoms with van der Waals surface area (Å²) < 4.78 is 4.75. The van der Waals surface area contributed by atoms with Gasteiger partial charge in [0.2, 0.25) is 0 Å². The van der Waals surface area contributed by atoms with E-state index >= 15 is 0 Å². The van der Waals surface area contributed by atoms with Crippen LogP contribution in [0.3, 0.4) is 0 Å². The highest BCUT2D eigenvalue weighted by Crippen LogP contribution is 2.36. The summed E-state index contributed by atoms with van der Waals surface area (Å²) in [4.78, 5) is 11.4. The van der Waals surface area contributed by atoms with Crippen LogP contribution in [0.1, 0.15) is 36.0 Å². The monoisotopic (exact) mass is 373 g/mol. The van der Waals surface area contributed by atoms with E-state index < -0.39 is 5.54 Å².